The monoisotopic (exact) mass is 493 g/mol. The molecule has 4 N–H and O–H groups in total. The number of aliphatic hydroxyl groups is 1. The fourth-order valence-corrected chi connectivity index (χ4v) is 7.03. The zero-order valence-corrected chi connectivity index (χ0v) is 20.0. The number of likely N-dealkylation sites (tertiary alicyclic amines) is 1. The summed E-state index contributed by atoms with van der Waals surface area (Å²) in [7, 11) is -15.0. The molecule has 0 radical (unpaired) electrons. The van der Waals surface area contributed by atoms with Crippen molar-refractivity contribution in [2.75, 3.05) is 19.8 Å². The van der Waals surface area contributed by atoms with E-state index in [-0.39, 0.29) is 0 Å². The van der Waals surface area contributed by atoms with Crippen LogP contribution in [-0.4, -0.2) is 62.9 Å². The van der Waals surface area contributed by atoms with E-state index in [0.717, 1.165) is 18.5 Å². The van der Waals surface area contributed by atoms with Crippen LogP contribution in [0.5, 0.6) is 0 Å². The molecule has 30 heavy (non-hydrogen) atoms. The van der Waals surface area contributed by atoms with Gasteiger partial charge in [0.15, 0.2) is 0 Å². The van der Waals surface area contributed by atoms with Crippen LogP contribution in [0.25, 0.3) is 0 Å². The van der Waals surface area contributed by atoms with Gasteiger partial charge in [-0.3, -0.25) is 9.09 Å². The van der Waals surface area contributed by atoms with Gasteiger partial charge in [0.1, 0.15) is 12.3 Å². The smallest absolute Gasteiger partial charge is 0.390 e. The number of allylic oxidation sites excluding steroid dienone is 1. The zero-order valence-electron chi connectivity index (χ0n) is 17.3. The fourth-order valence-electron chi connectivity index (χ4n) is 3.55. The number of nitrogens with zero attached hydrogens (tertiary/aromatic N) is 1. The lowest BCUT2D eigenvalue weighted by molar-refractivity contribution is -0.0914. The van der Waals surface area contributed by atoms with Crippen LogP contribution >= 0.6 is 23.2 Å². The number of phosphoric acid groups is 2. The van der Waals surface area contributed by atoms with Crippen molar-refractivity contribution in [3.63, 3.8) is 0 Å². The molecule has 0 aromatic rings. The van der Waals surface area contributed by atoms with Crippen molar-refractivity contribution >= 4 is 23.2 Å². The molecule has 2 fully saturated rings. The Labute approximate surface area is 175 Å². The Morgan fingerprint density at radius 2 is 1.80 bits per heavy atom. The van der Waals surface area contributed by atoms with Crippen LogP contribution in [0, 0.1) is 11.3 Å². The number of rotatable bonds is 8. The molecule has 0 aliphatic carbocycles. The van der Waals surface area contributed by atoms with Gasteiger partial charge in [-0.25, -0.2) is 13.4 Å². The molecule has 7 atom stereocenters. The molecule has 15 heteroatoms. The molecule has 2 aliphatic heterocycles. The average Bonchev–Trinajstić information content (AvgIpc) is 2.75. The van der Waals surface area contributed by atoms with Gasteiger partial charge in [-0.05, 0) is 18.8 Å². The molecule has 2 heterocycles. The maximum Gasteiger partial charge on any atom is 0.488 e. The first-order valence-electron chi connectivity index (χ1n) is 9.24. The predicted molar refractivity (Wildman–Crippen MR) is 106 cm³/mol. The fraction of sp³-hybridized carbons (Fsp3) is 0.867. The summed E-state index contributed by atoms with van der Waals surface area (Å²) in [6, 6.07) is 0. The van der Waals surface area contributed by atoms with Crippen molar-refractivity contribution < 1.29 is 51.4 Å². The van der Waals surface area contributed by atoms with Crippen molar-refractivity contribution in [2.45, 2.75) is 52.0 Å². The predicted octanol–water partition coefficient (Wildman–Crippen LogP) is 2.41. The van der Waals surface area contributed by atoms with Crippen LogP contribution in [-0.2, 0) is 31.6 Å². The maximum absolute atomic E-state index is 12.0. The van der Waals surface area contributed by atoms with Gasteiger partial charge in [-0.2, -0.15) is 4.31 Å². The third kappa shape index (κ3) is 6.70. The Kier molecular flexibility index (Phi) is 7.88. The number of hydrogen-bond acceptors (Lipinski definition) is 9. The van der Waals surface area contributed by atoms with Crippen LogP contribution in [0.2, 0.25) is 0 Å². The largest absolute Gasteiger partial charge is 0.488 e. The summed E-state index contributed by atoms with van der Waals surface area (Å²) in [5.74, 6) is 0.396. The van der Waals surface area contributed by atoms with E-state index in [1.54, 1.807) is 13.8 Å². The van der Waals surface area contributed by atoms with Gasteiger partial charge < -0.3 is 29.4 Å². The topological polar surface area (TPSA) is 172 Å². The van der Waals surface area contributed by atoms with E-state index in [1.165, 1.54) is 0 Å². The minimum Gasteiger partial charge on any atom is -0.390 e. The highest BCUT2D eigenvalue weighted by molar-refractivity contribution is 7.68. The third-order valence-electron chi connectivity index (χ3n) is 5.04. The van der Waals surface area contributed by atoms with Crippen LogP contribution in [0.15, 0.2) is 12.3 Å². The molecule has 0 bridgehead atoms. The van der Waals surface area contributed by atoms with Gasteiger partial charge in [0.2, 0.25) is 0 Å². The van der Waals surface area contributed by atoms with E-state index in [4.69, 9.17) is 14.2 Å². The molecule has 0 saturated carbocycles. The minimum atomic E-state index is -5.36. The Morgan fingerprint density at radius 3 is 2.37 bits per heavy atom. The number of aliphatic hydroxyl groups excluding tert-OH is 1. The molecule has 0 spiro atoms. The lowest BCUT2D eigenvalue weighted by Gasteiger charge is -2.43. The quantitative estimate of drug-likeness (QED) is 0.364. The summed E-state index contributed by atoms with van der Waals surface area (Å²) < 4.78 is 53.2. The summed E-state index contributed by atoms with van der Waals surface area (Å²) in [4.78, 5) is 30.0. The Balaban J connectivity index is 2.05. The van der Waals surface area contributed by atoms with Crippen molar-refractivity contribution in [1.82, 2.24) is 4.90 Å². The molecule has 176 valence electrons. The average molecular weight is 493 g/mol. The lowest BCUT2D eigenvalue weighted by atomic mass is 9.83. The van der Waals surface area contributed by atoms with E-state index >= 15 is 0 Å². The van der Waals surface area contributed by atoms with Crippen molar-refractivity contribution in [1.29, 1.82) is 0 Å². The molecule has 12 nitrogen and oxygen atoms in total. The normalized spacial score (nSPS) is 35.5. The van der Waals surface area contributed by atoms with Crippen LogP contribution in [0.3, 0.4) is 0 Å². The molecule has 0 amide bonds. The van der Waals surface area contributed by atoms with E-state index < -0.39 is 53.7 Å². The second-order valence-electron chi connectivity index (χ2n) is 8.35. The molecule has 2 aliphatic rings. The summed E-state index contributed by atoms with van der Waals surface area (Å²) in [5, 5.41) is 10.7. The standard InChI is InChI=1S/C15H30NO11P3/c1-10-6-7-11(2)16(8-10)14-15(3,4)13(17)12(25-14)9-24-29(20,21)27-30(22,23)26-28(5,18)19/h10,12-14,17H,2,6-9H2,1,3-5H3,(H,18,19)(H,20,21)(H,22,23). The molecular formula is C15H30NO11P3. The van der Waals surface area contributed by atoms with Crippen LogP contribution < -0.4 is 0 Å². The van der Waals surface area contributed by atoms with Crippen molar-refractivity contribution in [3.05, 3.63) is 12.3 Å². The van der Waals surface area contributed by atoms with Gasteiger partial charge in [0.25, 0.3) is 0 Å². The highest BCUT2D eigenvalue weighted by atomic mass is 31.3. The van der Waals surface area contributed by atoms with E-state index in [1.807, 2.05) is 4.90 Å². The van der Waals surface area contributed by atoms with Gasteiger partial charge in [-0.15, -0.1) is 0 Å². The Hall–Kier alpha value is -0.0900. The summed E-state index contributed by atoms with van der Waals surface area (Å²) in [6.45, 7) is 10.3. The lowest BCUT2D eigenvalue weighted by Crippen LogP contribution is -2.48. The van der Waals surface area contributed by atoms with Gasteiger partial charge >= 0.3 is 23.2 Å². The third-order valence-corrected chi connectivity index (χ3v) is 9.20. The minimum absolute atomic E-state index is 0.396. The second-order valence-corrected chi connectivity index (χ2v) is 13.4. The van der Waals surface area contributed by atoms with Crippen LogP contribution in [0.1, 0.15) is 33.6 Å². The zero-order chi connectivity index (χ0) is 23.1. The molecule has 2 rings (SSSR count). The first-order valence-corrected chi connectivity index (χ1v) is 14.3. The first kappa shape index (κ1) is 26.2. The number of hydrogen-bond donors (Lipinski definition) is 4. The highest BCUT2D eigenvalue weighted by Crippen LogP contribution is 2.66. The molecule has 0 aromatic heterocycles. The highest BCUT2D eigenvalue weighted by Gasteiger charge is 2.53. The molecular weight excluding hydrogens is 463 g/mol. The van der Waals surface area contributed by atoms with Gasteiger partial charge in [0.05, 0.1) is 12.7 Å². The van der Waals surface area contributed by atoms with E-state index in [0.29, 0.717) is 19.1 Å². The summed E-state index contributed by atoms with van der Waals surface area (Å²) in [6.07, 6.45) is -0.939. The van der Waals surface area contributed by atoms with Gasteiger partial charge in [0, 0.05) is 24.3 Å². The maximum atomic E-state index is 12.0. The van der Waals surface area contributed by atoms with E-state index in [9.17, 15) is 28.6 Å². The molecule has 7 unspecified atom stereocenters. The molecule has 2 saturated heterocycles. The molecule has 0 aromatic carbocycles. The van der Waals surface area contributed by atoms with Crippen molar-refractivity contribution in [3.8, 4) is 0 Å². The number of phosphoric ester groups is 1. The van der Waals surface area contributed by atoms with Gasteiger partial charge in [-0.1, -0.05) is 27.4 Å². The number of piperidine rings is 1. The van der Waals surface area contributed by atoms with E-state index in [2.05, 4.69) is 22.1 Å². The Morgan fingerprint density at radius 1 is 1.20 bits per heavy atom. The van der Waals surface area contributed by atoms with Crippen LogP contribution in [0.4, 0.5) is 0 Å². The van der Waals surface area contributed by atoms with Crippen molar-refractivity contribution in [2.24, 2.45) is 11.3 Å². The summed E-state index contributed by atoms with van der Waals surface area (Å²) in [5.41, 5.74) is 0.0811. The Bertz CT molecular complexity index is 797. The summed E-state index contributed by atoms with van der Waals surface area (Å²) >= 11 is 0. The SMILES string of the molecule is C=C1CCC(C)CN1C1OC(COP(=O)(O)OP(=O)(O)OP(C)(=O)O)C(O)C1(C)C. The second kappa shape index (κ2) is 9.04. The number of ether oxygens (including phenoxy) is 1. The first-order chi connectivity index (χ1) is 13.4.